The average Bonchev–Trinajstić information content (AvgIpc) is 3.82. The van der Waals surface area contributed by atoms with Gasteiger partial charge in [-0.15, -0.1) is 0 Å². The largest absolute Gasteiger partial charge is 0.481 e. The van der Waals surface area contributed by atoms with Crippen LogP contribution in [0, 0.1) is 54.7 Å². The maximum Gasteiger partial charge on any atom is 0.408 e. The first kappa shape index (κ1) is 70.0. The van der Waals surface area contributed by atoms with Crippen LogP contribution in [0.5, 0.6) is 0 Å². The Morgan fingerprint density at radius 3 is 1.20 bits per heavy atom. The maximum absolute atomic E-state index is 13.3. The number of rotatable bonds is 10. The van der Waals surface area contributed by atoms with E-state index in [4.69, 9.17) is 24.4 Å². The molecule has 3 saturated heterocycles. The third-order valence-corrected chi connectivity index (χ3v) is 17.6. The molecule has 7 N–H and O–H groups in total. The van der Waals surface area contributed by atoms with Crippen molar-refractivity contribution in [2.75, 3.05) is 32.8 Å². The quantitative estimate of drug-likeness (QED) is 0.0794. The predicted octanol–water partition coefficient (Wildman–Crippen LogP) is 9.18. The lowest BCUT2D eigenvalue weighted by atomic mass is 9.79. The van der Waals surface area contributed by atoms with Crippen molar-refractivity contribution in [1.82, 2.24) is 25.8 Å². The Labute approximate surface area is 479 Å². The van der Waals surface area contributed by atoms with Crippen LogP contribution in [0.3, 0.4) is 0 Å². The smallest absolute Gasteiger partial charge is 0.408 e. The lowest BCUT2D eigenvalue weighted by Gasteiger charge is -2.35. The second-order valence-corrected chi connectivity index (χ2v) is 32.5. The number of carbonyl (C=O) groups excluding carboxylic acids is 5. The van der Waals surface area contributed by atoms with Gasteiger partial charge in [-0.05, 0) is 150 Å². The van der Waals surface area contributed by atoms with Gasteiger partial charge in [-0.2, -0.15) is 0 Å². The first-order chi connectivity index (χ1) is 35.6. The molecule has 0 aromatic heterocycles. The first-order valence-corrected chi connectivity index (χ1v) is 28.9. The number of alkyl carbamates (subject to hydrolysis) is 2. The summed E-state index contributed by atoms with van der Waals surface area (Å²) >= 11 is 0. The number of amides is 4. The Morgan fingerprint density at radius 2 is 0.912 bits per heavy atom. The van der Waals surface area contributed by atoms with Crippen LogP contribution >= 0.6 is 0 Å². The molecule has 3 aliphatic carbocycles. The number of nitrogens with one attached hydrogen (secondary N) is 3. The van der Waals surface area contributed by atoms with Crippen LogP contribution in [-0.2, 0) is 38.2 Å². The lowest BCUT2D eigenvalue weighted by molar-refractivity contribution is -0.162. The number of hydrogen-bond donors (Lipinski definition) is 7. The van der Waals surface area contributed by atoms with Crippen molar-refractivity contribution in [1.29, 1.82) is 0 Å². The molecule has 0 aromatic carbocycles. The number of carboxylic acids is 2. The maximum atomic E-state index is 13.3. The molecule has 3 spiro atoms. The van der Waals surface area contributed by atoms with E-state index in [9.17, 15) is 43.8 Å². The number of nitrogens with zero attached hydrogens (tertiary/aromatic N) is 2. The molecule has 9 atom stereocenters. The van der Waals surface area contributed by atoms with Gasteiger partial charge in [-0.25, -0.2) is 14.4 Å². The van der Waals surface area contributed by atoms with Gasteiger partial charge in [0.1, 0.15) is 34.9 Å². The van der Waals surface area contributed by atoms with Gasteiger partial charge in [0.05, 0.1) is 31.6 Å². The zero-order chi connectivity index (χ0) is 62.4. The molecule has 6 aliphatic rings. The second-order valence-electron chi connectivity index (χ2n) is 32.5. The molecule has 0 bridgehead atoms. The monoisotopic (exact) mass is 1140 g/mol. The van der Waals surface area contributed by atoms with E-state index in [1.54, 1.807) is 88.0 Å². The van der Waals surface area contributed by atoms with Gasteiger partial charge in [0.2, 0.25) is 11.8 Å². The minimum atomic E-state index is -0.993. The fourth-order valence-electron chi connectivity index (χ4n) is 12.1. The van der Waals surface area contributed by atoms with E-state index in [1.165, 1.54) is 17.7 Å². The number of carbonyl (C=O) groups is 7. The number of ether oxygens (including phenoxy) is 3. The van der Waals surface area contributed by atoms with Crippen molar-refractivity contribution in [2.45, 2.75) is 258 Å². The molecular weight excluding hydrogens is 1030 g/mol. The fourth-order valence-corrected chi connectivity index (χ4v) is 12.1. The molecule has 80 heavy (non-hydrogen) atoms. The zero-order valence-electron chi connectivity index (χ0n) is 53.7. The molecule has 6 fully saturated rings. The van der Waals surface area contributed by atoms with E-state index < -0.39 is 87.2 Å². The van der Waals surface area contributed by atoms with Gasteiger partial charge in [0.15, 0.2) is 0 Å². The number of aliphatic hydroxyl groups is 2. The summed E-state index contributed by atoms with van der Waals surface area (Å²) in [5.41, 5.74) is -2.13. The van der Waals surface area contributed by atoms with Crippen LogP contribution in [0.1, 0.15) is 211 Å². The number of aliphatic carboxylic acids is 2. The SMILES string of the molecule is CC(C)(C)OC(=O)C[C@H](C(=O)O)C(C)(C)C.CC(C)(C)OC(=O)N[C@H](C(=O)N1CC2(C[C@H]1C(=O)O)CC2(C)C)C(C)(C)C.CC(C)(C)OC(=O)N[C@H](C(=O)N1CC2(C[C@H]1CO)CC2(C)C)C(C)(C)C.CC1(C)CC12CN[C@H](CO)C2. The van der Waals surface area contributed by atoms with Crippen LogP contribution < -0.4 is 16.0 Å². The molecule has 3 heterocycles. The highest BCUT2D eigenvalue weighted by Crippen LogP contribution is 2.70. The molecule has 4 amide bonds. The Morgan fingerprint density at radius 1 is 0.537 bits per heavy atom. The molecule has 0 radical (unpaired) electrons. The summed E-state index contributed by atoms with van der Waals surface area (Å²) in [5.74, 6) is -3.63. The number of carboxylic acid groups (broad SMARTS) is 2. The van der Waals surface area contributed by atoms with Crippen LogP contribution in [-0.4, -0.2) is 152 Å². The molecule has 19 heteroatoms. The van der Waals surface area contributed by atoms with Crippen molar-refractivity contribution >= 4 is 41.9 Å². The highest BCUT2D eigenvalue weighted by atomic mass is 16.6. The Kier molecular flexibility index (Phi) is 20.8. The number of aliphatic hydroxyl groups excluding tert-OH is 2. The summed E-state index contributed by atoms with van der Waals surface area (Å²) < 4.78 is 15.8. The van der Waals surface area contributed by atoms with Gasteiger partial charge >= 0.3 is 30.1 Å². The van der Waals surface area contributed by atoms with Crippen LogP contribution in [0.2, 0.25) is 0 Å². The van der Waals surface area contributed by atoms with E-state index in [1.807, 2.05) is 41.5 Å². The average molecular weight is 1140 g/mol. The second kappa shape index (κ2) is 23.8. The molecule has 0 aromatic rings. The van der Waals surface area contributed by atoms with Crippen molar-refractivity contribution in [3.63, 3.8) is 0 Å². The minimum Gasteiger partial charge on any atom is -0.481 e. The van der Waals surface area contributed by atoms with E-state index in [2.05, 4.69) is 57.5 Å². The third-order valence-electron chi connectivity index (χ3n) is 17.6. The van der Waals surface area contributed by atoms with Gasteiger partial charge < -0.3 is 60.4 Å². The molecule has 3 aliphatic heterocycles. The van der Waals surface area contributed by atoms with Gasteiger partial charge in [0, 0.05) is 25.7 Å². The summed E-state index contributed by atoms with van der Waals surface area (Å²) in [7, 11) is 0. The normalized spacial score (nSPS) is 28.1. The van der Waals surface area contributed by atoms with Crippen molar-refractivity contribution < 1.29 is 68.2 Å². The van der Waals surface area contributed by atoms with E-state index in [-0.39, 0.29) is 52.5 Å². The Bertz CT molecular complexity index is 2260. The zero-order valence-corrected chi connectivity index (χ0v) is 53.7. The summed E-state index contributed by atoms with van der Waals surface area (Å²) in [4.78, 5) is 88.8. The minimum absolute atomic E-state index is 0.0333. The van der Waals surface area contributed by atoms with E-state index in [0.29, 0.717) is 43.0 Å². The van der Waals surface area contributed by atoms with E-state index in [0.717, 1.165) is 25.8 Å². The molecule has 6 rings (SSSR count). The number of likely N-dealkylation sites (tertiary alicyclic amines) is 2. The summed E-state index contributed by atoms with van der Waals surface area (Å²) in [6.45, 7) is 48.4. The summed E-state index contributed by atoms with van der Waals surface area (Å²) in [5, 5.41) is 46.3. The highest BCUT2D eigenvalue weighted by Gasteiger charge is 2.68. The topological polar surface area (TPSA) is 271 Å². The van der Waals surface area contributed by atoms with E-state index >= 15 is 0 Å². The predicted molar refractivity (Wildman–Crippen MR) is 307 cm³/mol. The number of hydrogen-bond acceptors (Lipinski definition) is 13. The summed E-state index contributed by atoms with van der Waals surface area (Å²) in [6.07, 6.45) is 4.43. The standard InChI is InChI=1S/C20H34N2O5.C20H36N2O4.C12H22O4.C9H17NO/c1-17(2,3)13(21-16(26)27-18(4,5)6)14(23)22-11-20(10-19(20,7)8)9-12(22)15(24)25;1-17(2,3)14(21-16(25)26-18(4,5)6)15(24)22-12-20(9-13(22)10-23)11-19(20,7)8;1-11(2,3)8(10(14)15)7-9(13)16-12(4,5)6;1-8(2)5-9(8)3-7(4-11)10-6-9/h12-13H,9-11H2,1-8H3,(H,21,26)(H,24,25);13-14,23H,9-12H2,1-8H3,(H,21,25);8H,7H2,1-6H3,(H,14,15);7,10-11H,3-6H2,1-2H3/t12-,13+,20?;13-,14+,20?;8-;7-,9?/m0010/s1. The number of esters is 1. The fraction of sp³-hybridized carbons (Fsp3) is 0.885. The third kappa shape index (κ3) is 18.1. The van der Waals surface area contributed by atoms with Crippen LogP contribution in [0.4, 0.5) is 9.59 Å². The van der Waals surface area contributed by atoms with Crippen molar-refractivity contribution in [3.8, 4) is 0 Å². The first-order valence-electron chi connectivity index (χ1n) is 28.9. The lowest BCUT2D eigenvalue weighted by Crippen LogP contribution is -2.57. The highest BCUT2D eigenvalue weighted by molar-refractivity contribution is 5.91. The Balaban J connectivity index is 0.000000295. The van der Waals surface area contributed by atoms with Gasteiger partial charge in [-0.1, -0.05) is 104 Å². The molecular formula is C61H109N5O14. The van der Waals surface area contributed by atoms with Crippen LogP contribution in [0.25, 0.3) is 0 Å². The van der Waals surface area contributed by atoms with Gasteiger partial charge in [-0.3, -0.25) is 19.2 Å². The Hall–Kier alpha value is -4.23. The van der Waals surface area contributed by atoms with Crippen LogP contribution in [0.15, 0.2) is 0 Å². The molecule has 19 nitrogen and oxygen atoms in total. The molecule has 3 unspecified atom stereocenters. The van der Waals surface area contributed by atoms with Gasteiger partial charge in [0.25, 0.3) is 0 Å². The van der Waals surface area contributed by atoms with Crippen molar-refractivity contribution in [2.24, 2.45) is 54.7 Å². The summed E-state index contributed by atoms with van der Waals surface area (Å²) in [6, 6.07) is -2.24. The van der Waals surface area contributed by atoms with Crippen molar-refractivity contribution in [3.05, 3.63) is 0 Å². The molecule has 462 valence electrons. The molecule has 3 saturated carbocycles.